The van der Waals surface area contributed by atoms with E-state index in [2.05, 4.69) is 15.2 Å². The van der Waals surface area contributed by atoms with E-state index in [1.165, 1.54) is 24.4 Å². The molecule has 3 aromatic carbocycles. The maximum Gasteiger partial charge on any atom is 0.416 e. The maximum atomic E-state index is 15.3. The van der Waals surface area contributed by atoms with Crippen LogP contribution in [0.5, 0.6) is 23.1 Å². The van der Waals surface area contributed by atoms with Crippen molar-refractivity contribution in [3.05, 3.63) is 95.4 Å². The summed E-state index contributed by atoms with van der Waals surface area (Å²) in [6.07, 6.45) is -1.66. The van der Waals surface area contributed by atoms with Crippen LogP contribution in [-0.4, -0.2) is 55.7 Å². The van der Waals surface area contributed by atoms with Gasteiger partial charge in [0.2, 0.25) is 11.8 Å². The summed E-state index contributed by atoms with van der Waals surface area (Å²) in [4.78, 5) is 19.3. The van der Waals surface area contributed by atoms with Gasteiger partial charge in [-0.1, -0.05) is 24.3 Å². The number of nitrogens with one attached hydrogen (secondary N) is 1. The lowest BCUT2D eigenvalue weighted by Gasteiger charge is -2.20. The van der Waals surface area contributed by atoms with Crippen molar-refractivity contribution in [1.82, 2.24) is 9.88 Å². The van der Waals surface area contributed by atoms with Crippen LogP contribution in [0.15, 0.2) is 72.9 Å². The average Bonchev–Trinajstić information content (AvgIpc) is 3.48. The molecule has 12 heteroatoms. The normalized spacial score (nSPS) is 14.9. The van der Waals surface area contributed by atoms with Crippen LogP contribution in [0.3, 0.4) is 0 Å². The monoisotopic (exact) mass is 667 g/mol. The lowest BCUT2D eigenvalue weighted by Crippen LogP contribution is -2.30. The number of rotatable bonds is 13. The molecule has 5 rings (SSSR count). The van der Waals surface area contributed by atoms with Crippen LogP contribution in [0.2, 0.25) is 0 Å². The summed E-state index contributed by atoms with van der Waals surface area (Å²) < 4.78 is 78.8. The van der Waals surface area contributed by atoms with Crippen LogP contribution in [0.4, 0.5) is 23.2 Å². The molecule has 0 spiro atoms. The Hall–Kier alpha value is -4.84. The predicted molar refractivity (Wildman–Crippen MR) is 173 cm³/mol. The van der Waals surface area contributed by atoms with Crippen LogP contribution in [-0.2, 0) is 24.0 Å². The number of methoxy groups -OCH3 is 1. The van der Waals surface area contributed by atoms with Gasteiger partial charge in [-0.25, -0.2) is 9.37 Å². The topological polar surface area (TPSA) is 82.1 Å². The van der Waals surface area contributed by atoms with Crippen LogP contribution in [0, 0.1) is 5.82 Å². The van der Waals surface area contributed by atoms with Crippen molar-refractivity contribution in [3.63, 3.8) is 0 Å². The van der Waals surface area contributed by atoms with Gasteiger partial charge in [-0.2, -0.15) is 13.2 Å². The van der Waals surface area contributed by atoms with Gasteiger partial charge in [0.15, 0.2) is 0 Å². The highest BCUT2D eigenvalue weighted by atomic mass is 19.4. The first-order valence-electron chi connectivity index (χ1n) is 15.5. The highest BCUT2D eigenvalue weighted by Gasteiger charge is 2.32. The fourth-order valence-electron chi connectivity index (χ4n) is 5.41. The van der Waals surface area contributed by atoms with E-state index in [9.17, 15) is 18.0 Å². The fourth-order valence-corrected chi connectivity index (χ4v) is 5.41. The molecule has 0 bridgehead atoms. The van der Waals surface area contributed by atoms with Gasteiger partial charge in [-0.05, 0) is 80.4 Å². The molecular weight excluding hydrogens is 630 g/mol. The summed E-state index contributed by atoms with van der Waals surface area (Å²) >= 11 is 0. The van der Waals surface area contributed by atoms with Gasteiger partial charge in [0.25, 0.3) is 0 Å². The molecule has 1 saturated heterocycles. The first-order valence-corrected chi connectivity index (χ1v) is 15.5. The molecule has 0 radical (unpaired) electrons. The second-order valence-electron chi connectivity index (χ2n) is 11.5. The quantitative estimate of drug-likeness (QED) is 0.148. The number of ether oxygens (including phenoxy) is 4. The summed E-state index contributed by atoms with van der Waals surface area (Å²) in [5.41, 5.74) is 0.903. The number of hydrogen-bond donors (Lipinski definition) is 1. The Morgan fingerprint density at radius 3 is 2.46 bits per heavy atom. The maximum absolute atomic E-state index is 15.3. The molecule has 0 aliphatic carbocycles. The van der Waals surface area contributed by atoms with Crippen molar-refractivity contribution in [1.29, 1.82) is 0 Å². The summed E-state index contributed by atoms with van der Waals surface area (Å²) in [6.45, 7) is 3.55. The molecular formula is C36H37F4N3O5. The number of carbonyl (C=O) groups excluding carboxylic acids is 1. The number of hydrogen-bond acceptors (Lipinski definition) is 7. The SMILES string of the molecule is CCOc1cc(OCc2ccc(OC)cc2)ncc1-c1ccc(CC(=O)Nc2cc(OCC3CCCN3C)cc(C(F)(F)F)c2)c(F)c1. The Kier molecular flexibility index (Phi) is 11.0. The third kappa shape index (κ3) is 8.94. The van der Waals surface area contributed by atoms with E-state index in [1.54, 1.807) is 19.2 Å². The van der Waals surface area contributed by atoms with Gasteiger partial charge in [0.1, 0.15) is 36.3 Å². The van der Waals surface area contributed by atoms with Crippen LogP contribution in [0.25, 0.3) is 11.1 Å². The van der Waals surface area contributed by atoms with Crippen molar-refractivity contribution in [2.45, 2.75) is 45.0 Å². The molecule has 1 atom stereocenters. The van der Waals surface area contributed by atoms with Crippen molar-refractivity contribution >= 4 is 11.6 Å². The number of likely N-dealkylation sites (N-methyl/N-ethyl adjacent to an activating group) is 1. The van der Waals surface area contributed by atoms with Crippen molar-refractivity contribution < 1.29 is 41.3 Å². The molecule has 1 amide bonds. The first-order chi connectivity index (χ1) is 23.0. The fraction of sp³-hybridized carbons (Fsp3) is 0.333. The molecule has 1 unspecified atom stereocenters. The van der Waals surface area contributed by atoms with Crippen LogP contribution in [0.1, 0.15) is 36.5 Å². The van der Waals surface area contributed by atoms with Gasteiger partial charge < -0.3 is 29.2 Å². The number of amides is 1. The zero-order valence-corrected chi connectivity index (χ0v) is 26.9. The van der Waals surface area contributed by atoms with Gasteiger partial charge >= 0.3 is 6.18 Å². The van der Waals surface area contributed by atoms with E-state index in [4.69, 9.17) is 18.9 Å². The Balaban J connectivity index is 1.26. The van der Waals surface area contributed by atoms with E-state index in [1.807, 2.05) is 38.2 Å². The number of carbonyl (C=O) groups is 1. The third-order valence-electron chi connectivity index (χ3n) is 8.03. The number of halogens is 4. The second-order valence-corrected chi connectivity index (χ2v) is 11.5. The molecule has 1 aliphatic heterocycles. The molecule has 48 heavy (non-hydrogen) atoms. The Bertz CT molecular complexity index is 1720. The Morgan fingerprint density at radius 2 is 1.79 bits per heavy atom. The number of alkyl halides is 3. The van der Waals surface area contributed by atoms with E-state index in [0.717, 1.165) is 42.8 Å². The van der Waals surface area contributed by atoms with Crippen LogP contribution < -0.4 is 24.3 Å². The molecule has 0 saturated carbocycles. The minimum atomic E-state index is -4.65. The number of nitrogens with zero attached hydrogens (tertiary/aromatic N) is 2. The third-order valence-corrected chi connectivity index (χ3v) is 8.03. The number of anilines is 1. The molecule has 2 heterocycles. The van der Waals surface area contributed by atoms with Gasteiger partial charge in [-0.3, -0.25) is 4.79 Å². The predicted octanol–water partition coefficient (Wildman–Crippen LogP) is 7.55. The molecule has 8 nitrogen and oxygen atoms in total. The van der Waals surface area contributed by atoms with Crippen molar-refractivity contribution in [2.75, 3.05) is 39.2 Å². The number of likely N-dealkylation sites (tertiary alicyclic amines) is 1. The molecule has 1 aliphatic rings. The minimum absolute atomic E-state index is 0.00757. The minimum Gasteiger partial charge on any atom is -0.497 e. The van der Waals surface area contributed by atoms with E-state index in [0.29, 0.717) is 29.4 Å². The van der Waals surface area contributed by atoms with E-state index < -0.39 is 29.9 Å². The average molecular weight is 668 g/mol. The smallest absolute Gasteiger partial charge is 0.416 e. The lowest BCUT2D eigenvalue weighted by atomic mass is 10.0. The van der Waals surface area contributed by atoms with Crippen LogP contribution >= 0.6 is 0 Å². The second kappa shape index (κ2) is 15.4. The van der Waals surface area contributed by atoms with Gasteiger partial charge in [-0.15, -0.1) is 0 Å². The lowest BCUT2D eigenvalue weighted by molar-refractivity contribution is -0.137. The highest BCUT2D eigenvalue weighted by molar-refractivity contribution is 5.92. The van der Waals surface area contributed by atoms with Gasteiger partial charge in [0.05, 0.1) is 25.7 Å². The number of aromatic nitrogens is 1. The van der Waals surface area contributed by atoms with E-state index in [-0.39, 0.29) is 36.3 Å². The largest absolute Gasteiger partial charge is 0.497 e. The van der Waals surface area contributed by atoms with Crippen molar-refractivity contribution in [2.24, 2.45) is 0 Å². The highest BCUT2D eigenvalue weighted by Crippen LogP contribution is 2.36. The summed E-state index contributed by atoms with van der Waals surface area (Å²) in [5, 5.41) is 2.47. The first kappa shape index (κ1) is 34.5. The molecule has 1 fully saturated rings. The zero-order chi connectivity index (χ0) is 34.3. The zero-order valence-electron chi connectivity index (χ0n) is 26.9. The molecule has 1 N–H and O–H groups in total. The van der Waals surface area contributed by atoms with Crippen molar-refractivity contribution in [3.8, 4) is 34.3 Å². The standard InChI is InChI=1S/C36H37F4N3O5/c1-4-46-33-19-35(48-21-23-7-11-29(45-3)12-8-23)41-20-31(33)24-9-10-25(32(37)14-24)15-34(44)42-27-16-26(36(38,39)40)17-30(18-27)47-22-28-6-5-13-43(28)2/h7-12,14,16-20,28H,4-6,13,15,21-22H2,1-3H3,(H,42,44). The summed E-state index contributed by atoms with van der Waals surface area (Å²) in [5.74, 6) is 0.129. The summed E-state index contributed by atoms with van der Waals surface area (Å²) in [6, 6.07) is 16.6. The van der Waals surface area contributed by atoms with Gasteiger partial charge in [0, 0.05) is 35.6 Å². The Labute approximate surface area is 276 Å². The van der Waals surface area contributed by atoms with E-state index >= 15 is 4.39 Å². The molecule has 254 valence electrons. The molecule has 4 aromatic rings. The number of pyridine rings is 1. The Morgan fingerprint density at radius 1 is 1.00 bits per heavy atom. The number of benzene rings is 3. The summed E-state index contributed by atoms with van der Waals surface area (Å²) in [7, 11) is 3.53. The molecule has 1 aromatic heterocycles.